The lowest BCUT2D eigenvalue weighted by atomic mass is 10.2. The zero-order valence-corrected chi connectivity index (χ0v) is 13.5. The minimum absolute atomic E-state index is 0.257. The summed E-state index contributed by atoms with van der Waals surface area (Å²) in [5.74, 6) is 0.606. The van der Waals surface area contributed by atoms with E-state index in [-0.39, 0.29) is 4.90 Å². The molecule has 108 valence electrons. The maximum Gasteiger partial charge on any atom is 0.175 e. The molecule has 0 aliphatic rings. The molecular weight excluding hydrogens is 354 g/mol. The van der Waals surface area contributed by atoms with Crippen LogP contribution in [0, 0.1) is 0 Å². The van der Waals surface area contributed by atoms with Crippen molar-refractivity contribution in [3.05, 3.63) is 40.9 Å². The van der Waals surface area contributed by atoms with Gasteiger partial charge >= 0.3 is 0 Å². The molecule has 0 unspecified atom stereocenters. The van der Waals surface area contributed by atoms with Gasteiger partial charge in [-0.3, -0.25) is 0 Å². The molecule has 3 aromatic rings. The highest BCUT2D eigenvalue weighted by atomic mass is 79.9. The lowest BCUT2D eigenvalue weighted by molar-refractivity contribution is 0.602. The Balaban J connectivity index is 2.20. The van der Waals surface area contributed by atoms with Crippen LogP contribution in [0.15, 0.2) is 45.8 Å². The average molecular weight is 366 g/mol. The highest BCUT2D eigenvalue weighted by molar-refractivity contribution is 9.10. The second kappa shape index (κ2) is 4.85. The van der Waals surface area contributed by atoms with Crippen LogP contribution in [0.2, 0.25) is 0 Å². The predicted octanol–water partition coefficient (Wildman–Crippen LogP) is 2.98. The number of nitrogens with two attached hydrogens (primary N) is 1. The number of rotatable bonds is 2. The summed E-state index contributed by atoms with van der Waals surface area (Å²) in [6.45, 7) is 0. The van der Waals surface area contributed by atoms with Crippen molar-refractivity contribution < 1.29 is 8.42 Å². The third-order valence-electron chi connectivity index (χ3n) is 3.19. The van der Waals surface area contributed by atoms with Crippen molar-refractivity contribution in [3.63, 3.8) is 0 Å². The summed E-state index contributed by atoms with van der Waals surface area (Å²) in [5, 5.41) is 0. The second-order valence-corrected chi connectivity index (χ2v) is 7.61. The minimum Gasteiger partial charge on any atom is -0.397 e. The van der Waals surface area contributed by atoms with E-state index in [4.69, 9.17) is 5.73 Å². The van der Waals surface area contributed by atoms with E-state index >= 15 is 0 Å². The maximum atomic E-state index is 11.6. The number of nitrogen functional groups attached to an aromatic ring is 1. The van der Waals surface area contributed by atoms with Crippen LogP contribution in [0.5, 0.6) is 0 Å². The van der Waals surface area contributed by atoms with Crippen molar-refractivity contribution in [3.8, 4) is 11.4 Å². The molecule has 1 aromatic heterocycles. The lowest BCUT2D eigenvalue weighted by Gasteiger charge is -2.03. The van der Waals surface area contributed by atoms with Crippen LogP contribution in [0.3, 0.4) is 0 Å². The number of hydrogen-bond acceptors (Lipinski definition) is 4. The minimum atomic E-state index is -3.24. The first kappa shape index (κ1) is 14.1. The van der Waals surface area contributed by atoms with E-state index in [9.17, 15) is 8.42 Å². The number of aromatic amines is 1. The van der Waals surface area contributed by atoms with E-state index in [2.05, 4.69) is 25.9 Å². The molecule has 0 amide bonds. The lowest BCUT2D eigenvalue weighted by Crippen LogP contribution is -1.96. The molecule has 2 aromatic carbocycles. The van der Waals surface area contributed by atoms with Gasteiger partial charge in [-0.05, 0) is 46.3 Å². The van der Waals surface area contributed by atoms with Gasteiger partial charge in [0.25, 0.3) is 0 Å². The molecule has 1 heterocycles. The fraction of sp³-hybridized carbons (Fsp3) is 0.0714. The molecule has 0 spiro atoms. The van der Waals surface area contributed by atoms with Crippen LogP contribution in [-0.2, 0) is 9.84 Å². The van der Waals surface area contributed by atoms with E-state index in [1.807, 2.05) is 18.2 Å². The number of hydrogen-bond donors (Lipinski definition) is 2. The largest absolute Gasteiger partial charge is 0.397 e. The molecule has 7 heteroatoms. The van der Waals surface area contributed by atoms with Gasteiger partial charge in [-0.2, -0.15) is 0 Å². The average Bonchev–Trinajstić information content (AvgIpc) is 2.83. The first-order valence-corrected chi connectivity index (χ1v) is 8.79. The highest BCUT2D eigenvalue weighted by Gasteiger charge is 2.13. The zero-order chi connectivity index (χ0) is 15.2. The predicted molar refractivity (Wildman–Crippen MR) is 86.8 cm³/mol. The third-order valence-corrected chi connectivity index (χ3v) is 4.99. The Bertz CT molecular complexity index is 948. The molecule has 0 bridgehead atoms. The molecule has 0 aliphatic heterocycles. The number of nitrogens with zero attached hydrogens (tertiary/aromatic N) is 1. The number of fused-ring (bicyclic) bond motifs is 1. The topological polar surface area (TPSA) is 88.8 Å². The summed E-state index contributed by atoms with van der Waals surface area (Å²) in [6, 6.07) is 10.4. The van der Waals surface area contributed by atoms with Gasteiger partial charge in [-0.25, -0.2) is 13.4 Å². The maximum absolute atomic E-state index is 11.6. The second-order valence-electron chi connectivity index (χ2n) is 4.74. The molecule has 21 heavy (non-hydrogen) atoms. The fourth-order valence-electron chi connectivity index (χ4n) is 2.09. The molecule has 0 saturated heterocycles. The van der Waals surface area contributed by atoms with Crippen LogP contribution in [0.4, 0.5) is 5.69 Å². The van der Waals surface area contributed by atoms with Gasteiger partial charge in [-0.15, -0.1) is 0 Å². The number of para-hydroxylation sites is 1. The molecular formula is C14H12BrN3O2S. The Labute approximate surface area is 130 Å². The molecule has 0 atom stereocenters. The Morgan fingerprint density at radius 1 is 1.24 bits per heavy atom. The number of sulfone groups is 1. The van der Waals surface area contributed by atoms with E-state index in [0.717, 1.165) is 10.0 Å². The molecule has 0 fully saturated rings. The first-order chi connectivity index (χ1) is 9.86. The van der Waals surface area contributed by atoms with Gasteiger partial charge < -0.3 is 10.7 Å². The zero-order valence-electron chi connectivity index (χ0n) is 11.1. The molecule has 0 saturated carbocycles. The Kier molecular flexibility index (Phi) is 3.26. The monoisotopic (exact) mass is 365 g/mol. The van der Waals surface area contributed by atoms with Crippen LogP contribution in [0.25, 0.3) is 22.4 Å². The van der Waals surface area contributed by atoms with E-state index < -0.39 is 9.84 Å². The Morgan fingerprint density at radius 3 is 2.71 bits per heavy atom. The van der Waals surface area contributed by atoms with Crippen LogP contribution in [0.1, 0.15) is 0 Å². The van der Waals surface area contributed by atoms with Gasteiger partial charge in [0.05, 0.1) is 21.6 Å². The van der Waals surface area contributed by atoms with Crippen molar-refractivity contribution in [2.24, 2.45) is 0 Å². The fourth-order valence-corrected chi connectivity index (χ4v) is 3.10. The van der Waals surface area contributed by atoms with Crippen molar-refractivity contribution >= 4 is 42.5 Å². The van der Waals surface area contributed by atoms with Crippen LogP contribution < -0.4 is 5.73 Å². The van der Waals surface area contributed by atoms with Crippen molar-refractivity contribution in [2.45, 2.75) is 4.90 Å². The number of aromatic nitrogens is 2. The third kappa shape index (κ3) is 2.54. The SMILES string of the molecule is CS(=O)(=O)c1ccc2nc(-c3cccc(Br)c3N)[nH]c2c1. The van der Waals surface area contributed by atoms with Gasteiger partial charge in [0, 0.05) is 16.3 Å². The summed E-state index contributed by atoms with van der Waals surface area (Å²) >= 11 is 3.38. The standard InChI is InChI=1S/C14H12BrN3O2S/c1-21(19,20)8-5-6-11-12(7-8)18-14(17-11)9-3-2-4-10(15)13(9)16/h2-7H,16H2,1H3,(H,17,18). The van der Waals surface area contributed by atoms with Gasteiger partial charge in [0.1, 0.15) is 5.82 Å². The number of nitrogens with one attached hydrogen (secondary N) is 1. The summed E-state index contributed by atoms with van der Waals surface area (Å²) in [4.78, 5) is 7.83. The van der Waals surface area contributed by atoms with Crippen molar-refractivity contribution in [1.29, 1.82) is 0 Å². The van der Waals surface area contributed by atoms with E-state index in [1.165, 1.54) is 6.26 Å². The number of halogens is 1. The van der Waals surface area contributed by atoms with Gasteiger partial charge in [-0.1, -0.05) is 6.07 Å². The van der Waals surface area contributed by atoms with E-state index in [0.29, 0.717) is 22.5 Å². The molecule has 3 N–H and O–H groups in total. The van der Waals surface area contributed by atoms with Gasteiger partial charge in [0.2, 0.25) is 0 Å². The normalized spacial score (nSPS) is 11.9. The van der Waals surface area contributed by atoms with E-state index in [1.54, 1.807) is 18.2 Å². The summed E-state index contributed by atoms with van der Waals surface area (Å²) in [5.41, 5.74) is 8.73. The Morgan fingerprint density at radius 2 is 2.00 bits per heavy atom. The number of anilines is 1. The van der Waals surface area contributed by atoms with Crippen molar-refractivity contribution in [2.75, 3.05) is 12.0 Å². The van der Waals surface area contributed by atoms with Gasteiger partial charge in [0.15, 0.2) is 9.84 Å². The van der Waals surface area contributed by atoms with Crippen molar-refractivity contribution in [1.82, 2.24) is 9.97 Å². The highest BCUT2D eigenvalue weighted by Crippen LogP contribution is 2.31. The summed E-state index contributed by atoms with van der Waals surface area (Å²) in [6.07, 6.45) is 1.18. The molecule has 3 rings (SSSR count). The van der Waals surface area contributed by atoms with Crippen LogP contribution >= 0.6 is 15.9 Å². The number of imidazole rings is 1. The quantitative estimate of drug-likeness (QED) is 0.683. The summed E-state index contributed by atoms with van der Waals surface area (Å²) in [7, 11) is -3.24. The molecule has 0 radical (unpaired) electrons. The molecule has 5 nitrogen and oxygen atoms in total. The number of H-pyrrole nitrogens is 1. The summed E-state index contributed by atoms with van der Waals surface area (Å²) < 4.78 is 24.0. The first-order valence-electron chi connectivity index (χ1n) is 6.10. The van der Waals surface area contributed by atoms with Crippen LogP contribution in [-0.4, -0.2) is 24.6 Å². The Hall–Kier alpha value is -1.86. The number of benzene rings is 2. The smallest absolute Gasteiger partial charge is 0.175 e. The molecule has 0 aliphatic carbocycles.